The van der Waals surface area contributed by atoms with Crippen molar-refractivity contribution >= 4 is 21.6 Å². The van der Waals surface area contributed by atoms with Gasteiger partial charge in [-0.2, -0.15) is 4.98 Å². The first-order chi connectivity index (χ1) is 11.5. The lowest BCUT2D eigenvalue weighted by molar-refractivity contribution is 0.376. The maximum atomic E-state index is 12.1. The topological polar surface area (TPSA) is 85.1 Å². The largest absolute Gasteiger partial charge is 0.338 e. The Morgan fingerprint density at radius 3 is 2.46 bits per heavy atom. The molecular weight excluding hydrogens is 350 g/mol. The summed E-state index contributed by atoms with van der Waals surface area (Å²) in [7, 11) is -3.52. The molecule has 0 unspecified atom stereocenters. The molecular formula is C16H14ClN3O3S. The van der Waals surface area contributed by atoms with E-state index >= 15 is 0 Å². The number of halogens is 1. The summed E-state index contributed by atoms with van der Waals surface area (Å²) in [5.74, 6) is 0.472. The molecule has 0 radical (unpaired) electrons. The highest BCUT2D eigenvalue weighted by Crippen LogP contribution is 2.15. The van der Waals surface area contributed by atoms with Gasteiger partial charge in [-0.3, -0.25) is 0 Å². The van der Waals surface area contributed by atoms with Gasteiger partial charge in [0.1, 0.15) is 0 Å². The number of sulfonamides is 1. The van der Waals surface area contributed by atoms with Gasteiger partial charge in [-0.1, -0.05) is 59.2 Å². The highest BCUT2D eigenvalue weighted by molar-refractivity contribution is 7.88. The molecule has 3 aromatic rings. The standard InChI is InChI=1S/C16H14ClN3O3S/c17-14-8-6-12(7-9-14)11-24(21,22)18-10-15-19-16(20-23-15)13-4-2-1-3-5-13/h1-9,18H,10-11H2. The van der Waals surface area contributed by atoms with Crippen molar-refractivity contribution in [3.05, 3.63) is 71.1 Å². The molecule has 1 heterocycles. The summed E-state index contributed by atoms with van der Waals surface area (Å²) in [6.07, 6.45) is 0. The van der Waals surface area contributed by atoms with Crippen LogP contribution in [0.3, 0.4) is 0 Å². The van der Waals surface area contributed by atoms with E-state index in [4.69, 9.17) is 16.1 Å². The van der Waals surface area contributed by atoms with Crippen LogP contribution < -0.4 is 4.72 Å². The highest BCUT2D eigenvalue weighted by atomic mass is 35.5. The molecule has 1 aromatic heterocycles. The third-order valence-electron chi connectivity index (χ3n) is 3.21. The van der Waals surface area contributed by atoms with Crippen molar-refractivity contribution in [3.8, 4) is 11.4 Å². The molecule has 0 spiro atoms. The Morgan fingerprint density at radius 1 is 1.04 bits per heavy atom. The van der Waals surface area contributed by atoms with Gasteiger partial charge >= 0.3 is 0 Å². The van der Waals surface area contributed by atoms with Crippen LogP contribution in [0, 0.1) is 0 Å². The van der Waals surface area contributed by atoms with Crippen molar-refractivity contribution in [1.82, 2.24) is 14.9 Å². The predicted octanol–water partition coefficient (Wildman–Crippen LogP) is 3.01. The van der Waals surface area contributed by atoms with Gasteiger partial charge in [0.25, 0.3) is 0 Å². The first kappa shape index (κ1) is 16.6. The summed E-state index contributed by atoms with van der Waals surface area (Å²) < 4.78 is 31.7. The summed E-state index contributed by atoms with van der Waals surface area (Å²) in [6, 6.07) is 15.9. The van der Waals surface area contributed by atoms with Gasteiger partial charge in [0.15, 0.2) is 0 Å². The van der Waals surface area contributed by atoms with E-state index in [0.29, 0.717) is 16.4 Å². The van der Waals surface area contributed by atoms with Gasteiger partial charge in [0, 0.05) is 10.6 Å². The third kappa shape index (κ3) is 4.41. The summed E-state index contributed by atoms with van der Waals surface area (Å²) >= 11 is 5.78. The van der Waals surface area contributed by atoms with Crippen LogP contribution in [0.15, 0.2) is 59.1 Å². The molecule has 0 bridgehead atoms. The number of benzene rings is 2. The second-order valence-corrected chi connectivity index (χ2v) is 7.33. The van der Waals surface area contributed by atoms with E-state index in [1.165, 1.54) is 0 Å². The number of hydrogen-bond donors (Lipinski definition) is 1. The molecule has 6 nitrogen and oxygen atoms in total. The van der Waals surface area contributed by atoms with Crippen LogP contribution in [0.4, 0.5) is 0 Å². The van der Waals surface area contributed by atoms with E-state index in [1.54, 1.807) is 24.3 Å². The molecule has 124 valence electrons. The van der Waals surface area contributed by atoms with Crippen molar-refractivity contribution in [2.45, 2.75) is 12.3 Å². The molecule has 0 aliphatic rings. The summed E-state index contributed by atoms with van der Waals surface area (Å²) in [4.78, 5) is 4.18. The molecule has 0 aliphatic heterocycles. The minimum Gasteiger partial charge on any atom is -0.338 e. The summed E-state index contributed by atoms with van der Waals surface area (Å²) in [5.41, 5.74) is 1.44. The molecule has 2 aromatic carbocycles. The van der Waals surface area contributed by atoms with Crippen LogP contribution in [-0.2, 0) is 22.3 Å². The maximum Gasteiger partial charge on any atom is 0.242 e. The third-order valence-corrected chi connectivity index (χ3v) is 4.76. The first-order valence-electron chi connectivity index (χ1n) is 7.12. The van der Waals surface area contributed by atoms with Gasteiger partial charge in [0.2, 0.25) is 21.7 Å². The Kier molecular flexibility index (Phi) is 4.94. The van der Waals surface area contributed by atoms with E-state index < -0.39 is 10.0 Å². The fourth-order valence-electron chi connectivity index (χ4n) is 2.05. The maximum absolute atomic E-state index is 12.1. The summed E-state index contributed by atoms with van der Waals surface area (Å²) in [5, 5.41) is 4.40. The van der Waals surface area contributed by atoms with Crippen molar-refractivity contribution in [2.24, 2.45) is 0 Å². The Balaban J connectivity index is 1.63. The quantitative estimate of drug-likeness (QED) is 0.727. The molecule has 8 heteroatoms. The Labute approximate surface area is 144 Å². The number of nitrogens with zero attached hydrogens (tertiary/aromatic N) is 2. The van der Waals surface area contributed by atoms with Crippen LogP contribution in [0.5, 0.6) is 0 Å². The zero-order valence-corrected chi connectivity index (χ0v) is 14.1. The molecule has 0 saturated heterocycles. The average Bonchev–Trinajstić information content (AvgIpc) is 3.05. The molecule has 0 aliphatic carbocycles. The number of aromatic nitrogens is 2. The lowest BCUT2D eigenvalue weighted by Gasteiger charge is -2.04. The number of nitrogens with one attached hydrogen (secondary N) is 1. The van der Waals surface area contributed by atoms with Crippen LogP contribution in [0.2, 0.25) is 5.02 Å². The smallest absolute Gasteiger partial charge is 0.242 e. The normalized spacial score (nSPS) is 11.5. The molecule has 0 saturated carbocycles. The second kappa shape index (κ2) is 7.12. The van der Waals surface area contributed by atoms with E-state index in [0.717, 1.165) is 5.56 Å². The van der Waals surface area contributed by atoms with Crippen molar-refractivity contribution in [2.75, 3.05) is 0 Å². The average molecular weight is 364 g/mol. The Hall–Kier alpha value is -2.22. The van der Waals surface area contributed by atoms with Gasteiger partial charge in [-0.25, -0.2) is 13.1 Å². The van der Waals surface area contributed by atoms with Gasteiger partial charge < -0.3 is 4.52 Å². The van der Waals surface area contributed by atoms with Crippen LogP contribution in [-0.4, -0.2) is 18.6 Å². The zero-order chi connectivity index (χ0) is 17.0. The molecule has 1 N–H and O–H groups in total. The fraction of sp³-hybridized carbons (Fsp3) is 0.125. The van der Waals surface area contributed by atoms with E-state index in [9.17, 15) is 8.42 Å². The van der Waals surface area contributed by atoms with E-state index in [1.807, 2.05) is 30.3 Å². The van der Waals surface area contributed by atoms with Crippen LogP contribution >= 0.6 is 11.6 Å². The van der Waals surface area contributed by atoms with Crippen molar-refractivity contribution in [1.29, 1.82) is 0 Å². The SMILES string of the molecule is O=S(=O)(Cc1ccc(Cl)cc1)NCc1nc(-c2ccccc2)no1. The van der Waals surface area contributed by atoms with E-state index in [-0.39, 0.29) is 18.2 Å². The first-order valence-corrected chi connectivity index (χ1v) is 9.15. The lowest BCUT2D eigenvalue weighted by Crippen LogP contribution is -2.24. The fourth-order valence-corrected chi connectivity index (χ4v) is 3.26. The van der Waals surface area contributed by atoms with Crippen LogP contribution in [0.1, 0.15) is 11.5 Å². The molecule has 0 fully saturated rings. The second-order valence-electron chi connectivity index (χ2n) is 5.08. The highest BCUT2D eigenvalue weighted by Gasteiger charge is 2.14. The van der Waals surface area contributed by atoms with Crippen LogP contribution in [0.25, 0.3) is 11.4 Å². The zero-order valence-electron chi connectivity index (χ0n) is 12.5. The molecule has 0 amide bonds. The molecule has 0 atom stereocenters. The number of rotatable bonds is 6. The Bertz CT molecular complexity index is 909. The molecule has 3 rings (SSSR count). The predicted molar refractivity (Wildman–Crippen MR) is 90.6 cm³/mol. The van der Waals surface area contributed by atoms with Gasteiger partial charge in [-0.15, -0.1) is 0 Å². The number of hydrogen-bond acceptors (Lipinski definition) is 5. The van der Waals surface area contributed by atoms with Gasteiger partial charge in [0.05, 0.1) is 12.3 Å². The lowest BCUT2D eigenvalue weighted by atomic mass is 10.2. The Morgan fingerprint density at radius 2 is 1.75 bits per heavy atom. The minimum atomic E-state index is -3.52. The minimum absolute atomic E-state index is 0.0598. The molecule has 24 heavy (non-hydrogen) atoms. The van der Waals surface area contributed by atoms with Gasteiger partial charge in [-0.05, 0) is 17.7 Å². The summed E-state index contributed by atoms with van der Waals surface area (Å²) in [6.45, 7) is -0.0598. The van der Waals surface area contributed by atoms with E-state index in [2.05, 4.69) is 14.9 Å². The van der Waals surface area contributed by atoms with Crippen molar-refractivity contribution < 1.29 is 12.9 Å². The van der Waals surface area contributed by atoms with Crippen molar-refractivity contribution in [3.63, 3.8) is 0 Å². The monoisotopic (exact) mass is 363 g/mol.